The highest BCUT2D eigenvalue weighted by molar-refractivity contribution is 6.31. The van der Waals surface area contributed by atoms with Crippen molar-refractivity contribution in [3.8, 4) is 5.75 Å². The number of rotatable bonds is 3. The molecule has 2 heterocycles. The Morgan fingerprint density at radius 3 is 2.71 bits per heavy atom. The fourth-order valence-corrected chi connectivity index (χ4v) is 1.67. The van der Waals surface area contributed by atoms with E-state index in [1.807, 2.05) is 12.1 Å². The summed E-state index contributed by atoms with van der Waals surface area (Å²) in [5, 5.41) is 8.05. The summed E-state index contributed by atoms with van der Waals surface area (Å²) in [4.78, 5) is 4.24. The van der Waals surface area contributed by atoms with Gasteiger partial charge in [-0.05, 0) is 18.2 Å². The molecule has 0 aliphatic heterocycles. The molecule has 0 saturated heterocycles. The molecule has 2 aromatic heterocycles. The molecular weight excluding hydrogens is 261 g/mol. The van der Waals surface area contributed by atoms with Gasteiger partial charge in [0, 0.05) is 17.7 Å². The minimum absolute atomic E-state index is 0.318. The van der Waals surface area contributed by atoms with Crippen molar-refractivity contribution in [2.45, 2.75) is 6.42 Å². The van der Waals surface area contributed by atoms with E-state index in [1.165, 1.54) is 0 Å². The highest BCUT2D eigenvalue weighted by atomic mass is 35.5. The average Bonchev–Trinajstić information content (AvgIpc) is 2.35. The number of hydrogen-bond donors (Lipinski definition) is 0. The van der Waals surface area contributed by atoms with Crippen molar-refractivity contribution in [3.63, 3.8) is 0 Å². The van der Waals surface area contributed by atoms with Crippen LogP contribution in [0.2, 0.25) is 10.3 Å². The number of halogens is 2. The van der Waals surface area contributed by atoms with Crippen LogP contribution >= 0.6 is 23.2 Å². The van der Waals surface area contributed by atoms with Gasteiger partial charge in [0.25, 0.3) is 0 Å². The Balaban J connectivity index is 2.22. The minimum atomic E-state index is 0.318. The van der Waals surface area contributed by atoms with Crippen LogP contribution in [-0.4, -0.2) is 22.3 Å². The summed E-state index contributed by atoms with van der Waals surface area (Å²) in [6, 6.07) is 5.39. The number of aromatic nitrogens is 3. The summed E-state index contributed by atoms with van der Waals surface area (Å²) in [6.45, 7) is 0. The maximum Gasteiger partial charge on any atom is 0.155 e. The van der Waals surface area contributed by atoms with Gasteiger partial charge in [-0.3, -0.25) is 4.98 Å². The minimum Gasteiger partial charge on any atom is -0.495 e. The number of hydrogen-bond acceptors (Lipinski definition) is 4. The molecule has 0 bridgehead atoms. The van der Waals surface area contributed by atoms with Crippen LogP contribution in [0.25, 0.3) is 0 Å². The van der Waals surface area contributed by atoms with Crippen molar-refractivity contribution >= 4 is 23.2 Å². The van der Waals surface area contributed by atoms with Crippen LogP contribution in [-0.2, 0) is 6.42 Å². The first-order chi connectivity index (χ1) is 8.19. The zero-order valence-corrected chi connectivity index (χ0v) is 10.5. The molecule has 0 fully saturated rings. The molecule has 0 saturated carbocycles. The summed E-state index contributed by atoms with van der Waals surface area (Å²) in [5.74, 6) is 0.714. The number of ether oxygens (including phenoxy) is 1. The zero-order valence-electron chi connectivity index (χ0n) is 9.02. The van der Waals surface area contributed by atoms with Crippen molar-refractivity contribution < 1.29 is 4.74 Å². The van der Waals surface area contributed by atoms with E-state index in [0.29, 0.717) is 22.5 Å². The first kappa shape index (κ1) is 12.1. The van der Waals surface area contributed by atoms with Crippen molar-refractivity contribution in [1.29, 1.82) is 0 Å². The summed E-state index contributed by atoms with van der Waals surface area (Å²) in [6.07, 6.45) is 2.21. The smallest absolute Gasteiger partial charge is 0.155 e. The lowest BCUT2D eigenvalue weighted by Gasteiger charge is -2.04. The van der Waals surface area contributed by atoms with Crippen LogP contribution < -0.4 is 4.74 Å². The molecule has 0 aliphatic rings. The molecular formula is C11H9Cl2N3O. The molecule has 88 valence electrons. The van der Waals surface area contributed by atoms with Gasteiger partial charge in [-0.15, -0.1) is 10.2 Å². The Bertz CT molecular complexity index is 517. The number of methoxy groups -OCH3 is 1. The molecule has 2 aromatic rings. The van der Waals surface area contributed by atoms with Crippen LogP contribution in [0.4, 0.5) is 0 Å². The van der Waals surface area contributed by atoms with Gasteiger partial charge >= 0.3 is 0 Å². The van der Waals surface area contributed by atoms with E-state index in [4.69, 9.17) is 27.9 Å². The van der Waals surface area contributed by atoms with E-state index in [-0.39, 0.29) is 0 Å². The Labute approximate surface area is 109 Å². The molecule has 4 nitrogen and oxygen atoms in total. The normalized spacial score (nSPS) is 10.3. The second-order valence-electron chi connectivity index (χ2n) is 3.35. The van der Waals surface area contributed by atoms with Crippen molar-refractivity contribution in [2.24, 2.45) is 0 Å². The molecule has 0 aromatic carbocycles. The third kappa shape index (κ3) is 3.05. The third-order valence-electron chi connectivity index (χ3n) is 2.20. The SMILES string of the molecule is COc1ccc(Cc2cc(Cl)nnc2Cl)nc1. The molecule has 6 heteroatoms. The Morgan fingerprint density at radius 2 is 2.06 bits per heavy atom. The van der Waals surface area contributed by atoms with Crippen molar-refractivity contribution in [1.82, 2.24) is 15.2 Å². The van der Waals surface area contributed by atoms with E-state index >= 15 is 0 Å². The molecule has 0 N–H and O–H groups in total. The molecule has 0 atom stereocenters. The molecule has 0 spiro atoms. The summed E-state index contributed by atoms with van der Waals surface area (Å²) >= 11 is 11.7. The lowest BCUT2D eigenvalue weighted by Crippen LogP contribution is -1.96. The zero-order chi connectivity index (χ0) is 12.3. The van der Waals surface area contributed by atoms with E-state index < -0.39 is 0 Å². The van der Waals surface area contributed by atoms with Gasteiger partial charge in [-0.1, -0.05) is 23.2 Å². The first-order valence-electron chi connectivity index (χ1n) is 4.85. The van der Waals surface area contributed by atoms with Crippen LogP contribution in [0, 0.1) is 0 Å². The van der Waals surface area contributed by atoms with E-state index in [2.05, 4.69) is 15.2 Å². The summed E-state index contributed by atoms with van der Waals surface area (Å²) in [7, 11) is 1.60. The summed E-state index contributed by atoms with van der Waals surface area (Å²) in [5.41, 5.74) is 1.65. The van der Waals surface area contributed by atoms with Crippen LogP contribution in [0.3, 0.4) is 0 Å². The molecule has 0 unspecified atom stereocenters. The predicted octanol–water partition coefficient (Wildman–Crippen LogP) is 2.78. The standard InChI is InChI=1S/C11H9Cl2N3O/c1-17-9-3-2-8(14-6-9)4-7-5-10(12)15-16-11(7)13/h2-3,5-6H,4H2,1H3. The van der Waals surface area contributed by atoms with Gasteiger partial charge in [-0.25, -0.2) is 0 Å². The lowest BCUT2D eigenvalue weighted by atomic mass is 10.1. The van der Waals surface area contributed by atoms with E-state index in [1.54, 1.807) is 19.4 Å². The Hall–Kier alpha value is -1.39. The van der Waals surface area contributed by atoms with E-state index in [0.717, 1.165) is 11.3 Å². The maximum atomic E-state index is 5.92. The molecule has 2 rings (SSSR count). The fraction of sp³-hybridized carbons (Fsp3) is 0.182. The maximum absolute atomic E-state index is 5.92. The molecule has 0 amide bonds. The van der Waals surface area contributed by atoms with Crippen molar-refractivity contribution in [2.75, 3.05) is 7.11 Å². The third-order valence-corrected chi connectivity index (χ3v) is 2.70. The van der Waals surface area contributed by atoms with E-state index in [9.17, 15) is 0 Å². The van der Waals surface area contributed by atoms with Crippen LogP contribution in [0.15, 0.2) is 24.4 Å². The average molecular weight is 270 g/mol. The number of nitrogens with zero attached hydrogens (tertiary/aromatic N) is 3. The van der Waals surface area contributed by atoms with Gasteiger partial charge < -0.3 is 4.74 Å². The van der Waals surface area contributed by atoms with Gasteiger partial charge in [0.1, 0.15) is 5.75 Å². The van der Waals surface area contributed by atoms with Gasteiger partial charge in [0.05, 0.1) is 13.3 Å². The quantitative estimate of drug-likeness (QED) is 0.860. The Morgan fingerprint density at radius 1 is 1.24 bits per heavy atom. The molecule has 0 radical (unpaired) electrons. The molecule has 17 heavy (non-hydrogen) atoms. The summed E-state index contributed by atoms with van der Waals surface area (Å²) < 4.78 is 5.03. The fourth-order valence-electron chi connectivity index (χ4n) is 1.34. The number of pyridine rings is 1. The second-order valence-corrected chi connectivity index (χ2v) is 4.09. The lowest BCUT2D eigenvalue weighted by molar-refractivity contribution is 0.412. The Kier molecular flexibility index (Phi) is 3.76. The molecule has 0 aliphatic carbocycles. The topological polar surface area (TPSA) is 47.9 Å². The van der Waals surface area contributed by atoms with Gasteiger partial charge in [0.15, 0.2) is 10.3 Å². The van der Waals surface area contributed by atoms with Crippen LogP contribution in [0.1, 0.15) is 11.3 Å². The van der Waals surface area contributed by atoms with Gasteiger partial charge in [0.2, 0.25) is 0 Å². The predicted molar refractivity (Wildman–Crippen MR) is 65.6 cm³/mol. The largest absolute Gasteiger partial charge is 0.495 e. The first-order valence-corrected chi connectivity index (χ1v) is 5.61. The highest BCUT2D eigenvalue weighted by Gasteiger charge is 2.06. The second kappa shape index (κ2) is 5.29. The van der Waals surface area contributed by atoms with Crippen molar-refractivity contribution in [3.05, 3.63) is 46.0 Å². The highest BCUT2D eigenvalue weighted by Crippen LogP contribution is 2.19. The monoisotopic (exact) mass is 269 g/mol. The van der Waals surface area contributed by atoms with Crippen LogP contribution in [0.5, 0.6) is 5.75 Å². The van der Waals surface area contributed by atoms with Gasteiger partial charge in [-0.2, -0.15) is 0 Å².